The third-order valence-electron chi connectivity index (χ3n) is 4.30. The highest BCUT2D eigenvalue weighted by Gasteiger charge is 2.30. The van der Waals surface area contributed by atoms with Crippen LogP contribution < -0.4 is 5.32 Å². The van der Waals surface area contributed by atoms with Crippen LogP contribution in [0, 0.1) is 11.3 Å². The summed E-state index contributed by atoms with van der Waals surface area (Å²) in [6.07, 6.45) is 2.00. The van der Waals surface area contributed by atoms with E-state index in [0.717, 1.165) is 25.9 Å². The number of piperidine rings is 1. The largest absolute Gasteiger partial charge is 0.396 e. The molecule has 1 heterocycles. The lowest BCUT2D eigenvalue weighted by Crippen LogP contribution is -2.53. The van der Waals surface area contributed by atoms with Gasteiger partial charge in [-0.15, -0.1) is 0 Å². The average Bonchev–Trinajstić information content (AvgIpc) is 2.37. The molecule has 0 aromatic carbocycles. The average molecular weight is 285 g/mol. The normalized spacial score (nSPS) is 21.9. The summed E-state index contributed by atoms with van der Waals surface area (Å²) in [5, 5.41) is 12.4. The van der Waals surface area contributed by atoms with Gasteiger partial charge < -0.3 is 20.2 Å². The van der Waals surface area contributed by atoms with Crippen molar-refractivity contribution in [1.29, 1.82) is 0 Å². The topological polar surface area (TPSA) is 55.8 Å². The van der Waals surface area contributed by atoms with Crippen molar-refractivity contribution in [3.8, 4) is 0 Å². The van der Waals surface area contributed by atoms with Crippen molar-refractivity contribution in [3.05, 3.63) is 0 Å². The number of aliphatic hydroxyl groups is 1. The first-order valence-corrected chi connectivity index (χ1v) is 7.57. The van der Waals surface area contributed by atoms with Crippen LogP contribution in [0.1, 0.15) is 33.6 Å². The molecule has 0 aromatic rings. The lowest BCUT2D eigenvalue weighted by Gasteiger charge is -2.38. The maximum absolute atomic E-state index is 12.3. The van der Waals surface area contributed by atoms with Crippen molar-refractivity contribution in [1.82, 2.24) is 15.1 Å². The molecule has 0 unspecified atom stereocenters. The minimum Gasteiger partial charge on any atom is -0.396 e. The first kappa shape index (κ1) is 17.2. The van der Waals surface area contributed by atoms with Gasteiger partial charge in [0.15, 0.2) is 0 Å². The smallest absolute Gasteiger partial charge is 0.317 e. The third kappa shape index (κ3) is 4.94. The number of hydrogen-bond acceptors (Lipinski definition) is 3. The maximum atomic E-state index is 12.3. The zero-order valence-corrected chi connectivity index (χ0v) is 13.6. The van der Waals surface area contributed by atoms with Crippen LogP contribution >= 0.6 is 0 Å². The number of nitrogens with zero attached hydrogens (tertiary/aromatic N) is 2. The van der Waals surface area contributed by atoms with Gasteiger partial charge in [-0.1, -0.05) is 13.8 Å². The molecule has 0 aromatic heterocycles. The Hall–Kier alpha value is -0.810. The summed E-state index contributed by atoms with van der Waals surface area (Å²) in [4.78, 5) is 16.3. The molecule has 2 N–H and O–H groups in total. The summed E-state index contributed by atoms with van der Waals surface area (Å²) in [7, 11) is 4.10. The van der Waals surface area contributed by atoms with E-state index in [9.17, 15) is 9.90 Å². The number of amides is 2. The number of hydrogen-bond donors (Lipinski definition) is 2. The van der Waals surface area contributed by atoms with Crippen molar-refractivity contribution in [2.45, 2.75) is 39.7 Å². The highest BCUT2D eigenvalue weighted by molar-refractivity contribution is 5.74. The number of rotatable bonds is 5. The fraction of sp³-hybridized carbons (Fsp3) is 0.933. The first-order valence-electron chi connectivity index (χ1n) is 7.57. The molecular weight excluding hydrogens is 254 g/mol. The van der Waals surface area contributed by atoms with E-state index >= 15 is 0 Å². The van der Waals surface area contributed by atoms with Crippen molar-refractivity contribution < 1.29 is 9.90 Å². The van der Waals surface area contributed by atoms with Gasteiger partial charge in [-0.25, -0.2) is 4.79 Å². The Balaban J connectivity index is 2.52. The first-order chi connectivity index (χ1) is 9.26. The molecule has 5 nitrogen and oxygen atoms in total. The van der Waals surface area contributed by atoms with Gasteiger partial charge in [0.2, 0.25) is 0 Å². The van der Waals surface area contributed by atoms with E-state index < -0.39 is 0 Å². The van der Waals surface area contributed by atoms with Crippen molar-refractivity contribution in [2.75, 3.05) is 40.3 Å². The van der Waals surface area contributed by atoms with Gasteiger partial charge >= 0.3 is 6.03 Å². The molecule has 0 aliphatic carbocycles. The predicted molar refractivity (Wildman–Crippen MR) is 81.7 cm³/mol. The van der Waals surface area contributed by atoms with Crippen LogP contribution in [0.25, 0.3) is 0 Å². The Labute approximate surface area is 123 Å². The van der Waals surface area contributed by atoms with Gasteiger partial charge in [0.25, 0.3) is 0 Å². The van der Waals surface area contributed by atoms with Crippen LogP contribution in [0.3, 0.4) is 0 Å². The fourth-order valence-electron chi connectivity index (χ4n) is 2.82. The summed E-state index contributed by atoms with van der Waals surface area (Å²) in [6, 6.07) is 0.106. The fourth-order valence-corrected chi connectivity index (χ4v) is 2.82. The van der Waals surface area contributed by atoms with Gasteiger partial charge in [0.1, 0.15) is 0 Å². The number of nitrogens with one attached hydrogen (secondary N) is 1. The van der Waals surface area contributed by atoms with Crippen LogP contribution in [-0.4, -0.2) is 67.3 Å². The van der Waals surface area contributed by atoms with E-state index in [-0.39, 0.29) is 30.0 Å². The van der Waals surface area contributed by atoms with E-state index in [2.05, 4.69) is 31.0 Å². The second-order valence-corrected chi connectivity index (χ2v) is 7.03. The molecule has 20 heavy (non-hydrogen) atoms. The summed E-state index contributed by atoms with van der Waals surface area (Å²) in [5.41, 5.74) is 0.0192. The minimum atomic E-state index is 0.00230. The monoisotopic (exact) mass is 285 g/mol. The van der Waals surface area contributed by atoms with Gasteiger partial charge in [-0.05, 0) is 45.2 Å². The Morgan fingerprint density at radius 1 is 1.50 bits per heavy atom. The third-order valence-corrected chi connectivity index (χ3v) is 4.30. The molecule has 1 rings (SSSR count). The van der Waals surface area contributed by atoms with E-state index in [1.54, 1.807) is 0 Å². The zero-order valence-electron chi connectivity index (χ0n) is 13.6. The highest BCUT2D eigenvalue weighted by atomic mass is 16.3. The predicted octanol–water partition coefficient (Wildman–Crippen LogP) is 1.38. The second kappa shape index (κ2) is 7.27. The van der Waals surface area contributed by atoms with Crippen molar-refractivity contribution in [2.24, 2.45) is 11.3 Å². The van der Waals surface area contributed by atoms with Crippen LogP contribution in [0.5, 0.6) is 0 Å². The molecule has 1 saturated heterocycles. The van der Waals surface area contributed by atoms with E-state index in [1.165, 1.54) is 0 Å². The van der Waals surface area contributed by atoms with Crippen LogP contribution in [0.15, 0.2) is 0 Å². The van der Waals surface area contributed by atoms with Crippen LogP contribution in [-0.2, 0) is 0 Å². The lowest BCUT2D eigenvalue weighted by atomic mass is 9.85. The second-order valence-electron chi connectivity index (χ2n) is 7.03. The van der Waals surface area contributed by atoms with E-state index in [1.807, 2.05) is 19.0 Å². The Kier molecular flexibility index (Phi) is 6.27. The summed E-state index contributed by atoms with van der Waals surface area (Å²) < 4.78 is 0. The molecule has 0 radical (unpaired) electrons. The van der Waals surface area contributed by atoms with Gasteiger partial charge in [-0.2, -0.15) is 0 Å². The lowest BCUT2D eigenvalue weighted by molar-refractivity contribution is 0.120. The SMILES string of the molecule is C[C@H](NC(=O)N1CCC[C@H](CO)C1)C(C)(C)CN(C)C. The maximum Gasteiger partial charge on any atom is 0.317 e. The van der Waals surface area contributed by atoms with E-state index in [0.29, 0.717) is 6.54 Å². The summed E-state index contributed by atoms with van der Waals surface area (Å²) in [5.74, 6) is 0.236. The van der Waals surface area contributed by atoms with Gasteiger partial charge in [-0.3, -0.25) is 0 Å². The van der Waals surface area contributed by atoms with Gasteiger partial charge in [0.05, 0.1) is 0 Å². The number of carbonyl (C=O) groups is 1. The molecule has 5 heteroatoms. The molecule has 0 spiro atoms. The number of likely N-dealkylation sites (tertiary alicyclic amines) is 1. The number of urea groups is 1. The van der Waals surface area contributed by atoms with Gasteiger partial charge in [0, 0.05) is 32.3 Å². The Morgan fingerprint density at radius 3 is 2.70 bits per heavy atom. The van der Waals surface area contributed by atoms with Crippen LogP contribution in [0.2, 0.25) is 0 Å². The molecule has 1 fully saturated rings. The zero-order chi connectivity index (χ0) is 15.3. The van der Waals surface area contributed by atoms with Crippen molar-refractivity contribution in [3.63, 3.8) is 0 Å². The quantitative estimate of drug-likeness (QED) is 0.802. The molecule has 0 saturated carbocycles. The molecule has 0 bridgehead atoms. The van der Waals surface area contributed by atoms with E-state index in [4.69, 9.17) is 0 Å². The summed E-state index contributed by atoms with van der Waals surface area (Å²) in [6.45, 7) is 8.97. The van der Waals surface area contributed by atoms with Crippen LogP contribution in [0.4, 0.5) is 4.79 Å². The standard InChI is InChI=1S/C15H31N3O2/c1-12(15(2,3)11-17(4)5)16-14(20)18-8-6-7-13(9-18)10-19/h12-13,19H,6-11H2,1-5H3,(H,16,20)/t12-,13-/m0/s1. The Morgan fingerprint density at radius 2 is 2.15 bits per heavy atom. The molecule has 2 atom stereocenters. The molecule has 1 aliphatic rings. The molecule has 1 aliphatic heterocycles. The number of aliphatic hydroxyl groups excluding tert-OH is 1. The van der Waals surface area contributed by atoms with Crippen molar-refractivity contribution >= 4 is 6.03 Å². The molecule has 118 valence electrons. The molecule has 2 amide bonds. The summed E-state index contributed by atoms with van der Waals surface area (Å²) >= 11 is 0. The Bertz CT molecular complexity index is 318. The molecular formula is C15H31N3O2. The highest BCUT2D eigenvalue weighted by Crippen LogP contribution is 2.22. The minimum absolute atomic E-state index is 0.00230. The number of carbonyl (C=O) groups excluding carboxylic acids is 1.